The van der Waals surface area contributed by atoms with E-state index in [0.29, 0.717) is 10.7 Å². The van der Waals surface area contributed by atoms with E-state index in [1.807, 2.05) is 0 Å². The maximum absolute atomic E-state index is 11.7. The van der Waals surface area contributed by atoms with Gasteiger partial charge in [-0.3, -0.25) is 4.79 Å². The molecule has 2 aromatic rings. The number of hydrogen-bond donors (Lipinski definition) is 1. The van der Waals surface area contributed by atoms with Crippen molar-refractivity contribution in [1.29, 1.82) is 0 Å². The lowest BCUT2D eigenvalue weighted by Gasteiger charge is -2.05. The molecule has 0 saturated carbocycles. The molecule has 0 atom stereocenters. The maximum atomic E-state index is 11.7. The molecule has 0 aromatic heterocycles. The van der Waals surface area contributed by atoms with Crippen LogP contribution in [-0.4, -0.2) is 25.6 Å². The summed E-state index contributed by atoms with van der Waals surface area (Å²) in [6.45, 7) is -0.367. The number of rotatable bonds is 6. The fraction of sp³-hybridized carbons (Fsp3) is 0.111. The molecule has 0 bridgehead atoms. The molecule has 0 heterocycles. The largest absolute Gasteiger partial charge is 0.497 e. The van der Waals surface area contributed by atoms with Crippen molar-refractivity contribution in [3.63, 3.8) is 0 Å². The van der Waals surface area contributed by atoms with Gasteiger partial charge in [0.15, 0.2) is 6.61 Å². The lowest BCUT2D eigenvalue weighted by Crippen LogP contribution is -2.20. The number of anilines is 1. The van der Waals surface area contributed by atoms with Crippen molar-refractivity contribution in [3.8, 4) is 5.75 Å². The third kappa shape index (κ3) is 5.78. The second kappa shape index (κ2) is 8.74. The van der Waals surface area contributed by atoms with E-state index in [1.165, 1.54) is 6.08 Å². The van der Waals surface area contributed by atoms with Gasteiger partial charge in [-0.05, 0) is 48.0 Å². The number of ether oxygens (including phenoxy) is 2. The standard InChI is InChI=1S/C18H16ClNO4/c1-23-16-9-2-13(3-10-16)4-11-18(22)24-12-17(21)20-15-7-5-14(19)6-8-15/h2-11H,12H2,1H3,(H,20,21). The Morgan fingerprint density at radius 3 is 2.38 bits per heavy atom. The van der Waals surface area contributed by atoms with Crippen LogP contribution in [0.3, 0.4) is 0 Å². The van der Waals surface area contributed by atoms with E-state index in [1.54, 1.807) is 61.7 Å². The van der Waals surface area contributed by atoms with Crippen molar-refractivity contribution in [1.82, 2.24) is 0 Å². The first kappa shape index (κ1) is 17.6. The van der Waals surface area contributed by atoms with Crippen LogP contribution < -0.4 is 10.1 Å². The Morgan fingerprint density at radius 2 is 1.75 bits per heavy atom. The van der Waals surface area contributed by atoms with Crippen LogP contribution in [-0.2, 0) is 14.3 Å². The summed E-state index contributed by atoms with van der Waals surface area (Å²) in [5.41, 5.74) is 1.40. The van der Waals surface area contributed by atoms with E-state index in [9.17, 15) is 9.59 Å². The minimum atomic E-state index is -0.600. The van der Waals surface area contributed by atoms with Gasteiger partial charge in [0.25, 0.3) is 5.91 Å². The van der Waals surface area contributed by atoms with Crippen LogP contribution >= 0.6 is 11.6 Å². The van der Waals surface area contributed by atoms with Crippen LogP contribution in [0.1, 0.15) is 5.56 Å². The van der Waals surface area contributed by atoms with Crippen LogP contribution in [0.25, 0.3) is 6.08 Å². The number of benzene rings is 2. The normalized spacial score (nSPS) is 10.4. The lowest BCUT2D eigenvalue weighted by atomic mass is 10.2. The first-order valence-corrected chi connectivity index (χ1v) is 7.49. The number of methoxy groups -OCH3 is 1. The van der Waals surface area contributed by atoms with Gasteiger partial charge in [0.05, 0.1) is 7.11 Å². The third-order valence-electron chi connectivity index (χ3n) is 3.00. The molecule has 2 aromatic carbocycles. The van der Waals surface area contributed by atoms with Crippen molar-refractivity contribution < 1.29 is 19.1 Å². The molecule has 0 fully saturated rings. The molecule has 0 aliphatic heterocycles. The summed E-state index contributed by atoms with van der Waals surface area (Å²) in [6.07, 6.45) is 2.86. The topological polar surface area (TPSA) is 64.6 Å². The summed E-state index contributed by atoms with van der Waals surface area (Å²) in [5, 5.41) is 3.17. The highest BCUT2D eigenvalue weighted by Crippen LogP contribution is 2.13. The predicted molar refractivity (Wildman–Crippen MR) is 93.1 cm³/mol. The van der Waals surface area contributed by atoms with Gasteiger partial charge in [-0.25, -0.2) is 4.79 Å². The Labute approximate surface area is 144 Å². The Balaban J connectivity index is 1.78. The number of amides is 1. The van der Waals surface area contributed by atoms with Crippen LogP contribution in [0.15, 0.2) is 54.6 Å². The summed E-state index contributed by atoms with van der Waals surface area (Å²) in [7, 11) is 1.58. The lowest BCUT2D eigenvalue weighted by molar-refractivity contribution is -0.142. The van der Waals surface area contributed by atoms with Gasteiger partial charge in [-0.15, -0.1) is 0 Å². The number of carbonyl (C=O) groups excluding carboxylic acids is 2. The minimum absolute atomic E-state index is 0.367. The second-order valence-corrected chi connectivity index (χ2v) is 5.21. The van der Waals surface area contributed by atoms with Crippen LogP contribution in [0.5, 0.6) is 5.75 Å². The zero-order chi connectivity index (χ0) is 17.4. The molecule has 0 spiro atoms. The highest BCUT2D eigenvalue weighted by atomic mass is 35.5. The predicted octanol–water partition coefficient (Wildman–Crippen LogP) is 3.54. The quantitative estimate of drug-likeness (QED) is 0.642. The van der Waals surface area contributed by atoms with Gasteiger partial charge in [0.2, 0.25) is 0 Å². The van der Waals surface area contributed by atoms with E-state index in [2.05, 4.69) is 5.32 Å². The summed E-state index contributed by atoms with van der Waals surface area (Å²) < 4.78 is 9.93. The molecule has 6 heteroatoms. The van der Waals surface area contributed by atoms with Gasteiger partial charge >= 0.3 is 5.97 Å². The summed E-state index contributed by atoms with van der Waals surface area (Å²) in [4.78, 5) is 23.3. The molecule has 1 N–H and O–H groups in total. The molecule has 0 unspecified atom stereocenters. The molecule has 0 aliphatic carbocycles. The molecule has 124 valence electrons. The SMILES string of the molecule is COc1ccc(C=CC(=O)OCC(=O)Nc2ccc(Cl)cc2)cc1. The van der Waals surface area contributed by atoms with Gasteiger partial charge in [0, 0.05) is 16.8 Å². The summed E-state index contributed by atoms with van der Waals surface area (Å²) >= 11 is 5.76. The monoisotopic (exact) mass is 345 g/mol. The molecule has 0 saturated heterocycles. The van der Waals surface area contributed by atoms with Crippen molar-refractivity contribution in [2.75, 3.05) is 19.0 Å². The Bertz CT molecular complexity index is 724. The Morgan fingerprint density at radius 1 is 1.08 bits per heavy atom. The van der Waals surface area contributed by atoms with E-state index in [-0.39, 0.29) is 6.61 Å². The average molecular weight is 346 g/mol. The summed E-state index contributed by atoms with van der Waals surface area (Å²) in [6, 6.07) is 13.8. The van der Waals surface area contributed by atoms with Gasteiger partial charge in [-0.2, -0.15) is 0 Å². The number of nitrogens with one attached hydrogen (secondary N) is 1. The van der Waals surface area contributed by atoms with Gasteiger partial charge < -0.3 is 14.8 Å². The number of halogens is 1. The van der Waals surface area contributed by atoms with Crippen molar-refractivity contribution >= 4 is 35.2 Å². The van der Waals surface area contributed by atoms with E-state index in [0.717, 1.165) is 11.3 Å². The number of hydrogen-bond acceptors (Lipinski definition) is 4. The molecular weight excluding hydrogens is 330 g/mol. The van der Waals surface area contributed by atoms with Crippen LogP contribution in [0.2, 0.25) is 5.02 Å². The first-order valence-electron chi connectivity index (χ1n) is 7.11. The van der Waals surface area contributed by atoms with E-state index < -0.39 is 11.9 Å². The number of carbonyl (C=O) groups is 2. The van der Waals surface area contributed by atoms with Gasteiger partial charge in [-0.1, -0.05) is 23.7 Å². The van der Waals surface area contributed by atoms with E-state index >= 15 is 0 Å². The zero-order valence-electron chi connectivity index (χ0n) is 13.0. The minimum Gasteiger partial charge on any atom is -0.497 e. The van der Waals surface area contributed by atoms with Crippen LogP contribution in [0.4, 0.5) is 5.69 Å². The van der Waals surface area contributed by atoms with Gasteiger partial charge in [0.1, 0.15) is 5.75 Å². The van der Waals surface area contributed by atoms with E-state index in [4.69, 9.17) is 21.1 Å². The molecule has 5 nitrogen and oxygen atoms in total. The fourth-order valence-corrected chi connectivity index (χ4v) is 1.92. The molecule has 2 rings (SSSR count). The maximum Gasteiger partial charge on any atom is 0.331 e. The second-order valence-electron chi connectivity index (χ2n) is 4.77. The molecule has 24 heavy (non-hydrogen) atoms. The smallest absolute Gasteiger partial charge is 0.331 e. The third-order valence-corrected chi connectivity index (χ3v) is 3.25. The summed E-state index contributed by atoms with van der Waals surface area (Å²) in [5.74, 6) is -0.297. The van der Waals surface area contributed by atoms with Crippen molar-refractivity contribution in [2.24, 2.45) is 0 Å². The van der Waals surface area contributed by atoms with Crippen LogP contribution in [0, 0.1) is 0 Å². The van der Waals surface area contributed by atoms with Crippen molar-refractivity contribution in [2.45, 2.75) is 0 Å². The molecule has 0 radical (unpaired) electrons. The first-order chi connectivity index (χ1) is 11.6. The number of esters is 1. The molecule has 1 amide bonds. The fourth-order valence-electron chi connectivity index (χ4n) is 1.79. The van der Waals surface area contributed by atoms with Crippen molar-refractivity contribution in [3.05, 3.63) is 65.2 Å². The zero-order valence-corrected chi connectivity index (χ0v) is 13.7. The molecule has 0 aliphatic rings. The highest BCUT2D eigenvalue weighted by Gasteiger charge is 2.05. The molecular formula is C18H16ClNO4. The Kier molecular flexibility index (Phi) is 6.40. The highest BCUT2D eigenvalue weighted by molar-refractivity contribution is 6.30. The Hall–Kier alpha value is -2.79. The average Bonchev–Trinajstić information content (AvgIpc) is 2.60.